The standard InChI is InChI=1S/C14H14BrF2N/c15-11-5-14(13(17)6-12(11)16)18-7-10-4-8-1-2-9(10)3-8/h1-2,5-6,8-10,18H,3-4,7H2. The summed E-state index contributed by atoms with van der Waals surface area (Å²) in [6.07, 6.45) is 6.98. The van der Waals surface area contributed by atoms with Crippen LogP contribution in [0.15, 0.2) is 28.8 Å². The topological polar surface area (TPSA) is 12.0 Å². The fourth-order valence-corrected chi connectivity index (χ4v) is 3.37. The summed E-state index contributed by atoms with van der Waals surface area (Å²) < 4.78 is 26.9. The van der Waals surface area contributed by atoms with E-state index in [1.807, 2.05) is 0 Å². The lowest BCUT2D eigenvalue weighted by Gasteiger charge is -2.19. The van der Waals surface area contributed by atoms with E-state index in [1.165, 1.54) is 18.9 Å². The van der Waals surface area contributed by atoms with Gasteiger partial charge in [0, 0.05) is 12.6 Å². The minimum atomic E-state index is -0.569. The molecule has 2 bridgehead atoms. The second-order valence-electron chi connectivity index (χ2n) is 5.17. The van der Waals surface area contributed by atoms with Crippen LogP contribution in [0, 0.1) is 29.4 Å². The average molecular weight is 314 g/mol. The third-order valence-electron chi connectivity index (χ3n) is 3.98. The molecule has 1 fully saturated rings. The zero-order valence-electron chi connectivity index (χ0n) is 9.80. The molecule has 0 saturated heterocycles. The zero-order chi connectivity index (χ0) is 12.7. The molecule has 0 radical (unpaired) electrons. The maximum atomic E-state index is 13.6. The predicted molar refractivity (Wildman–Crippen MR) is 71.4 cm³/mol. The summed E-state index contributed by atoms with van der Waals surface area (Å²) in [6, 6.07) is 2.38. The smallest absolute Gasteiger partial charge is 0.149 e. The zero-order valence-corrected chi connectivity index (χ0v) is 11.4. The van der Waals surface area contributed by atoms with E-state index in [9.17, 15) is 8.78 Å². The van der Waals surface area contributed by atoms with Crippen LogP contribution in [0.5, 0.6) is 0 Å². The molecular weight excluding hydrogens is 300 g/mol. The summed E-state index contributed by atoms with van der Waals surface area (Å²) in [5.74, 6) is 0.819. The van der Waals surface area contributed by atoms with Crippen LogP contribution in [0.3, 0.4) is 0 Å². The number of allylic oxidation sites excluding steroid dienone is 2. The van der Waals surface area contributed by atoms with Crippen molar-refractivity contribution in [3.63, 3.8) is 0 Å². The second-order valence-corrected chi connectivity index (χ2v) is 6.02. The fourth-order valence-electron chi connectivity index (χ4n) is 3.03. The lowest BCUT2D eigenvalue weighted by molar-refractivity contribution is 0.470. The molecule has 0 heterocycles. The molecule has 0 spiro atoms. The highest BCUT2D eigenvalue weighted by Crippen LogP contribution is 2.43. The Hall–Kier alpha value is -0.900. The summed E-state index contributed by atoms with van der Waals surface area (Å²) in [4.78, 5) is 0. The van der Waals surface area contributed by atoms with Crippen molar-refractivity contribution in [2.75, 3.05) is 11.9 Å². The van der Waals surface area contributed by atoms with E-state index in [0.29, 0.717) is 27.9 Å². The van der Waals surface area contributed by atoms with Crippen molar-refractivity contribution < 1.29 is 8.78 Å². The van der Waals surface area contributed by atoms with Crippen LogP contribution < -0.4 is 5.32 Å². The van der Waals surface area contributed by atoms with Gasteiger partial charge in [0.15, 0.2) is 0 Å². The van der Waals surface area contributed by atoms with Gasteiger partial charge in [-0.2, -0.15) is 0 Å². The van der Waals surface area contributed by atoms with E-state index >= 15 is 0 Å². The molecule has 3 unspecified atom stereocenters. The van der Waals surface area contributed by atoms with E-state index < -0.39 is 11.6 Å². The van der Waals surface area contributed by atoms with Crippen LogP contribution in [0.1, 0.15) is 12.8 Å². The first-order chi connectivity index (χ1) is 8.63. The molecule has 1 nitrogen and oxygen atoms in total. The van der Waals surface area contributed by atoms with Crippen molar-refractivity contribution in [2.24, 2.45) is 17.8 Å². The van der Waals surface area contributed by atoms with Gasteiger partial charge in [-0.15, -0.1) is 0 Å². The number of benzene rings is 1. The molecule has 3 atom stereocenters. The minimum Gasteiger partial charge on any atom is -0.382 e. The first-order valence-electron chi connectivity index (χ1n) is 6.20. The van der Waals surface area contributed by atoms with Crippen LogP contribution in [-0.2, 0) is 0 Å². The van der Waals surface area contributed by atoms with Crippen LogP contribution in [0.25, 0.3) is 0 Å². The number of anilines is 1. The van der Waals surface area contributed by atoms with E-state index in [-0.39, 0.29) is 0 Å². The van der Waals surface area contributed by atoms with Gasteiger partial charge < -0.3 is 5.32 Å². The van der Waals surface area contributed by atoms with Crippen molar-refractivity contribution in [2.45, 2.75) is 12.8 Å². The Balaban J connectivity index is 1.67. The van der Waals surface area contributed by atoms with E-state index in [2.05, 4.69) is 33.4 Å². The molecule has 4 heteroatoms. The minimum absolute atomic E-state index is 0.291. The van der Waals surface area contributed by atoms with Crippen molar-refractivity contribution in [3.05, 3.63) is 40.4 Å². The van der Waals surface area contributed by atoms with Crippen molar-refractivity contribution in [1.82, 2.24) is 0 Å². The number of hydrogen-bond acceptors (Lipinski definition) is 1. The Kier molecular flexibility index (Phi) is 3.14. The lowest BCUT2D eigenvalue weighted by atomic mass is 9.93. The van der Waals surface area contributed by atoms with E-state index in [1.54, 1.807) is 0 Å². The molecule has 0 aromatic heterocycles. The maximum Gasteiger partial charge on any atom is 0.149 e. The third-order valence-corrected chi connectivity index (χ3v) is 4.59. The summed E-state index contributed by atoms with van der Waals surface area (Å²) >= 11 is 3.07. The van der Waals surface area contributed by atoms with Crippen molar-refractivity contribution in [1.29, 1.82) is 0 Å². The first-order valence-corrected chi connectivity index (χ1v) is 6.99. The molecule has 1 aromatic rings. The molecule has 2 aliphatic rings. The molecule has 1 N–H and O–H groups in total. The molecule has 18 heavy (non-hydrogen) atoms. The highest BCUT2D eigenvalue weighted by atomic mass is 79.9. The lowest BCUT2D eigenvalue weighted by Crippen LogP contribution is -2.18. The van der Waals surface area contributed by atoms with Crippen molar-refractivity contribution in [3.8, 4) is 0 Å². The Morgan fingerprint density at radius 3 is 2.67 bits per heavy atom. The second kappa shape index (κ2) is 4.65. The molecule has 1 aromatic carbocycles. The van der Waals surface area contributed by atoms with Gasteiger partial charge in [-0.1, -0.05) is 12.2 Å². The molecule has 2 aliphatic carbocycles. The molecule has 96 valence electrons. The molecule has 0 aliphatic heterocycles. The van der Waals surface area contributed by atoms with E-state index in [0.717, 1.165) is 12.6 Å². The van der Waals surface area contributed by atoms with Gasteiger partial charge in [0.05, 0.1) is 10.2 Å². The quantitative estimate of drug-likeness (QED) is 0.646. The summed E-state index contributed by atoms with van der Waals surface area (Å²) in [5.41, 5.74) is 0.370. The monoisotopic (exact) mass is 313 g/mol. The fraction of sp³-hybridized carbons (Fsp3) is 0.429. The number of nitrogens with one attached hydrogen (secondary N) is 1. The van der Waals surface area contributed by atoms with Crippen LogP contribution in [0.2, 0.25) is 0 Å². The predicted octanol–water partition coefficient (Wildman–Crippen LogP) is 4.35. The molecular formula is C14H14BrF2N. The number of rotatable bonds is 3. The van der Waals surface area contributed by atoms with Gasteiger partial charge in [0.2, 0.25) is 0 Å². The highest BCUT2D eigenvalue weighted by Gasteiger charge is 2.35. The Labute approximate surface area is 113 Å². The van der Waals surface area contributed by atoms with Gasteiger partial charge in [-0.25, -0.2) is 8.78 Å². The third kappa shape index (κ3) is 2.18. The number of halogens is 3. The van der Waals surface area contributed by atoms with Gasteiger partial charge in [-0.3, -0.25) is 0 Å². The normalized spacial score (nSPS) is 28.9. The summed E-state index contributed by atoms with van der Waals surface area (Å²) in [5, 5.41) is 3.10. The van der Waals surface area contributed by atoms with Crippen LogP contribution in [-0.4, -0.2) is 6.54 Å². The Bertz CT molecular complexity index is 501. The van der Waals surface area contributed by atoms with Gasteiger partial charge in [-0.05, 0) is 52.6 Å². The Morgan fingerprint density at radius 2 is 2.00 bits per heavy atom. The summed E-state index contributed by atoms with van der Waals surface area (Å²) in [6.45, 7) is 0.750. The van der Waals surface area contributed by atoms with Gasteiger partial charge in [0.25, 0.3) is 0 Å². The number of fused-ring (bicyclic) bond motifs is 2. The highest BCUT2D eigenvalue weighted by molar-refractivity contribution is 9.10. The first kappa shape index (κ1) is 12.2. The van der Waals surface area contributed by atoms with Gasteiger partial charge in [0.1, 0.15) is 11.6 Å². The van der Waals surface area contributed by atoms with Crippen LogP contribution in [0.4, 0.5) is 14.5 Å². The molecule has 0 amide bonds. The average Bonchev–Trinajstić information content (AvgIpc) is 2.94. The maximum absolute atomic E-state index is 13.6. The van der Waals surface area contributed by atoms with E-state index in [4.69, 9.17) is 0 Å². The molecule has 3 rings (SSSR count). The summed E-state index contributed by atoms with van der Waals surface area (Å²) in [7, 11) is 0. The molecule has 1 saturated carbocycles. The largest absolute Gasteiger partial charge is 0.382 e. The number of hydrogen-bond donors (Lipinski definition) is 1. The van der Waals surface area contributed by atoms with Crippen molar-refractivity contribution >= 4 is 21.6 Å². The van der Waals surface area contributed by atoms with Gasteiger partial charge >= 0.3 is 0 Å². The van der Waals surface area contributed by atoms with Crippen LogP contribution >= 0.6 is 15.9 Å². The SMILES string of the molecule is Fc1cc(F)c(NCC2CC3C=CC2C3)cc1Br. The Morgan fingerprint density at radius 1 is 1.17 bits per heavy atom.